The van der Waals surface area contributed by atoms with Crippen LogP contribution in [0.15, 0.2) is 23.4 Å². The number of rotatable bonds is 5. The molecule has 1 aromatic rings. The van der Waals surface area contributed by atoms with Crippen LogP contribution in [0.1, 0.15) is 26.7 Å². The summed E-state index contributed by atoms with van der Waals surface area (Å²) in [5.74, 6) is 0.303. The molecule has 0 aromatic carbocycles. The summed E-state index contributed by atoms with van der Waals surface area (Å²) >= 11 is 0. The van der Waals surface area contributed by atoms with Gasteiger partial charge in [0.05, 0.1) is 22.5 Å². The molecule has 1 atom stereocenters. The third kappa shape index (κ3) is 3.20. The largest absolute Gasteiger partial charge is 0.396 e. The lowest BCUT2D eigenvalue weighted by Crippen LogP contribution is -2.15. The number of nitrogens with zero attached hydrogens (tertiary/aromatic N) is 1. The molecule has 4 nitrogen and oxygen atoms in total. The average Bonchev–Trinajstić information content (AvgIpc) is 2.17. The van der Waals surface area contributed by atoms with Crippen molar-refractivity contribution < 1.29 is 8.42 Å². The van der Waals surface area contributed by atoms with E-state index >= 15 is 0 Å². The van der Waals surface area contributed by atoms with E-state index in [9.17, 15) is 8.42 Å². The number of aromatic nitrogens is 1. The number of hydrogen-bond acceptors (Lipinski definition) is 4. The van der Waals surface area contributed by atoms with Gasteiger partial charge in [-0.05, 0) is 18.4 Å². The van der Waals surface area contributed by atoms with E-state index in [0.29, 0.717) is 0 Å². The van der Waals surface area contributed by atoms with Crippen molar-refractivity contribution in [3.63, 3.8) is 0 Å². The van der Waals surface area contributed by atoms with Gasteiger partial charge in [0.2, 0.25) is 0 Å². The van der Waals surface area contributed by atoms with Gasteiger partial charge in [-0.3, -0.25) is 4.98 Å². The molecule has 2 N–H and O–H groups in total. The molecule has 0 spiro atoms. The summed E-state index contributed by atoms with van der Waals surface area (Å²) in [5.41, 5.74) is 5.84. The predicted molar refractivity (Wildman–Crippen MR) is 64.8 cm³/mol. The van der Waals surface area contributed by atoms with Crippen molar-refractivity contribution >= 4 is 15.5 Å². The first-order valence-corrected chi connectivity index (χ1v) is 7.05. The van der Waals surface area contributed by atoms with Crippen LogP contribution in [0.2, 0.25) is 0 Å². The first kappa shape index (κ1) is 13.0. The average molecular weight is 242 g/mol. The second-order valence-electron chi connectivity index (χ2n) is 4.09. The zero-order valence-electron chi connectivity index (χ0n) is 9.68. The van der Waals surface area contributed by atoms with Crippen LogP contribution in [0.5, 0.6) is 0 Å². The zero-order chi connectivity index (χ0) is 12.2. The molecule has 0 amide bonds. The van der Waals surface area contributed by atoms with Crippen molar-refractivity contribution in [3.8, 4) is 0 Å². The summed E-state index contributed by atoms with van der Waals surface area (Å²) in [7, 11) is -3.28. The summed E-state index contributed by atoms with van der Waals surface area (Å²) in [4.78, 5) is 3.98. The van der Waals surface area contributed by atoms with E-state index in [1.165, 1.54) is 18.5 Å². The van der Waals surface area contributed by atoms with Gasteiger partial charge in [-0.2, -0.15) is 0 Å². The summed E-state index contributed by atoms with van der Waals surface area (Å²) in [6.45, 7) is 3.99. The Hall–Kier alpha value is -1.10. The molecular formula is C11H18N2O2S. The van der Waals surface area contributed by atoms with E-state index in [0.717, 1.165) is 12.8 Å². The van der Waals surface area contributed by atoms with E-state index in [1.807, 2.05) is 13.8 Å². The number of sulfone groups is 1. The van der Waals surface area contributed by atoms with Gasteiger partial charge in [0.15, 0.2) is 9.84 Å². The number of nitrogens with two attached hydrogens (primary N) is 1. The maximum atomic E-state index is 12.0. The number of nitrogen functional groups attached to an aromatic ring is 1. The van der Waals surface area contributed by atoms with Crippen LogP contribution < -0.4 is 5.73 Å². The highest BCUT2D eigenvalue weighted by Crippen LogP contribution is 2.21. The van der Waals surface area contributed by atoms with Crippen LogP contribution in [0.3, 0.4) is 0 Å². The Morgan fingerprint density at radius 2 is 2.19 bits per heavy atom. The van der Waals surface area contributed by atoms with Crippen LogP contribution in [-0.2, 0) is 9.84 Å². The second kappa shape index (κ2) is 5.30. The van der Waals surface area contributed by atoms with Crippen molar-refractivity contribution in [2.45, 2.75) is 31.6 Å². The predicted octanol–water partition coefficient (Wildman–Crippen LogP) is 1.87. The normalized spacial score (nSPS) is 13.6. The maximum Gasteiger partial charge on any atom is 0.180 e. The molecule has 0 bridgehead atoms. The fourth-order valence-corrected chi connectivity index (χ4v) is 3.49. The van der Waals surface area contributed by atoms with Gasteiger partial charge < -0.3 is 5.73 Å². The van der Waals surface area contributed by atoms with Gasteiger partial charge in [-0.25, -0.2) is 8.42 Å². The first-order valence-electron chi connectivity index (χ1n) is 5.39. The lowest BCUT2D eigenvalue weighted by molar-refractivity contribution is 0.545. The van der Waals surface area contributed by atoms with Crippen molar-refractivity contribution in [1.29, 1.82) is 0 Å². The molecule has 0 aliphatic heterocycles. The monoisotopic (exact) mass is 242 g/mol. The van der Waals surface area contributed by atoms with Crippen LogP contribution in [-0.4, -0.2) is 19.2 Å². The Bertz CT molecular complexity index is 443. The SMILES string of the molecule is CCCC(C)CS(=O)(=O)c1ccncc1N. The van der Waals surface area contributed by atoms with Crippen LogP contribution in [0.25, 0.3) is 0 Å². The molecule has 0 aliphatic carbocycles. The van der Waals surface area contributed by atoms with Gasteiger partial charge in [0.1, 0.15) is 0 Å². The molecule has 5 heteroatoms. The van der Waals surface area contributed by atoms with Crippen LogP contribution >= 0.6 is 0 Å². The standard InChI is InChI=1S/C11H18N2O2S/c1-3-4-9(2)8-16(14,15)11-5-6-13-7-10(11)12/h5-7,9H,3-4,8,12H2,1-2H3. The first-order chi connectivity index (χ1) is 7.47. The summed E-state index contributed by atoms with van der Waals surface area (Å²) < 4.78 is 24.1. The van der Waals surface area contributed by atoms with Crippen molar-refractivity contribution in [2.24, 2.45) is 5.92 Å². The molecule has 0 aliphatic rings. The lowest BCUT2D eigenvalue weighted by atomic mass is 10.1. The zero-order valence-corrected chi connectivity index (χ0v) is 10.5. The number of anilines is 1. The van der Waals surface area contributed by atoms with Gasteiger partial charge in [-0.1, -0.05) is 20.3 Å². The lowest BCUT2D eigenvalue weighted by Gasteiger charge is -2.11. The molecule has 1 unspecified atom stereocenters. The highest BCUT2D eigenvalue weighted by molar-refractivity contribution is 7.91. The Labute approximate surface area is 96.8 Å². The molecule has 1 rings (SSSR count). The van der Waals surface area contributed by atoms with Crippen molar-refractivity contribution in [3.05, 3.63) is 18.5 Å². The Kier molecular flexibility index (Phi) is 4.29. The van der Waals surface area contributed by atoms with Gasteiger partial charge in [-0.15, -0.1) is 0 Å². The highest BCUT2D eigenvalue weighted by atomic mass is 32.2. The van der Waals surface area contributed by atoms with Gasteiger partial charge in [0, 0.05) is 6.20 Å². The molecule has 0 fully saturated rings. The molecule has 0 radical (unpaired) electrons. The third-order valence-corrected chi connectivity index (χ3v) is 4.48. The molecule has 0 saturated carbocycles. The highest BCUT2D eigenvalue weighted by Gasteiger charge is 2.20. The van der Waals surface area contributed by atoms with E-state index < -0.39 is 9.84 Å². The summed E-state index contributed by atoms with van der Waals surface area (Å²) in [6.07, 6.45) is 4.72. The fraction of sp³-hybridized carbons (Fsp3) is 0.545. The maximum absolute atomic E-state index is 12.0. The number of pyridine rings is 1. The smallest absolute Gasteiger partial charge is 0.180 e. The molecule has 1 aromatic heterocycles. The molecular weight excluding hydrogens is 224 g/mol. The molecule has 1 heterocycles. The Morgan fingerprint density at radius 1 is 1.50 bits per heavy atom. The number of hydrogen-bond donors (Lipinski definition) is 1. The summed E-state index contributed by atoms with van der Waals surface area (Å²) in [5, 5.41) is 0. The van der Waals surface area contributed by atoms with Gasteiger partial charge in [0.25, 0.3) is 0 Å². The second-order valence-corrected chi connectivity index (χ2v) is 6.09. The topological polar surface area (TPSA) is 73.0 Å². The Morgan fingerprint density at radius 3 is 2.75 bits per heavy atom. The third-order valence-electron chi connectivity index (χ3n) is 2.43. The van der Waals surface area contributed by atoms with E-state index in [1.54, 1.807) is 0 Å². The Balaban J connectivity index is 2.91. The van der Waals surface area contributed by atoms with Crippen molar-refractivity contribution in [1.82, 2.24) is 4.98 Å². The quantitative estimate of drug-likeness (QED) is 0.855. The van der Waals surface area contributed by atoms with Gasteiger partial charge >= 0.3 is 0 Å². The van der Waals surface area contributed by atoms with E-state index in [4.69, 9.17) is 5.73 Å². The minimum Gasteiger partial charge on any atom is -0.396 e. The van der Waals surface area contributed by atoms with Crippen LogP contribution in [0, 0.1) is 5.92 Å². The van der Waals surface area contributed by atoms with E-state index in [2.05, 4.69) is 4.98 Å². The minimum absolute atomic E-state index is 0.148. The van der Waals surface area contributed by atoms with Crippen molar-refractivity contribution in [2.75, 3.05) is 11.5 Å². The minimum atomic E-state index is -3.28. The summed E-state index contributed by atoms with van der Waals surface area (Å²) in [6, 6.07) is 1.46. The van der Waals surface area contributed by atoms with Crippen LogP contribution in [0.4, 0.5) is 5.69 Å². The fourth-order valence-electron chi connectivity index (χ4n) is 1.72. The van der Waals surface area contributed by atoms with E-state index in [-0.39, 0.29) is 22.3 Å². The molecule has 0 saturated heterocycles. The molecule has 16 heavy (non-hydrogen) atoms. The molecule has 90 valence electrons.